The molecule has 0 radical (unpaired) electrons. The van der Waals surface area contributed by atoms with Crippen LogP contribution in [0.3, 0.4) is 0 Å². The van der Waals surface area contributed by atoms with E-state index in [9.17, 15) is 26.4 Å². The smallest absolute Gasteiger partial charge is 0.264 e. The summed E-state index contributed by atoms with van der Waals surface area (Å²) in [5, 5.41) is 12.6. The van der Waals surface area contributed by atoms with E-state index >= 15 is 0 Å². The minimum Gasteiger partial charge on any atom is -0.337 e. The van der Waals surface area contributed by atoms with E-state index in [0.717, 1.165) is 0 Å². The summed E-state index contributed by atoms with van der Waals surface area (Å²) in [6.45, 7) is 6.72. The molecule has 0 aliphatic heterocycles. The Morgan fingerprint density at radius 1 is 0.619 bits per heavy atom. The number of aryl methyl sites for hydroxylation is 2. The fraction of sp³-hybridized carbons (Fsp3) is 0.231. The van der Waals surface area contributed by atoms with Crippen molar-refractivity contribution in [3.05, 3.63) is 71.0 Å². The van der Waals surface area contributed by atoms with Gasteiger partial charge in [0.15, 0.2) is 0 Å². The van der Waals surface area contributed by atoms with Crippen molar-refractivity contribution in [3.63, 3.8) is 0 Å². The van der Waals surface area contributed by atoms with E-state index in [-0.39, 0.29) is 34.4 Å². The minimum atomic E-state index is -3.94. The summed E-state index contributed by atoms with van der Waals surface area (Å²) in [5.41, 5.74) is 2.94. The number of carbonyl (C=O) groups is 2. The zero-order chi connectivity index (χ0) is 30.7. The molecule has 4 aromatic rings. The zero-order valence-corrected chi connectivity index (χ0v) is 24.6. The van der Waals surface area contributed by atoms with Gasteiger partial charge in [0.2, 0.25) is 23.6 Å². The number of hydrogen-bond donors (Lipinski definition) is 4. The molecule has 222 valence electrons. The summed E-state index contributed by atoms with van der Waals surface area (Å²) in [7, 11) is -7.88. The Balaban J connectivity index is 1.26. The van der Waals surface area contributed by atoms with Gasteiger partial charge in [-0.15, -0.1) is 0 Å². The van der Waals surface area contributed by atoms with Crippen molar-refractivity contribution in [2.75, 3.05) is 20.1 Å². The van der Waals surface area contributed by atoms with Crippen molar-refractivity contribution >= 4 is 55.0 Å². The molecule has 2 aromatic heterocycles. The van der Waals surface area contributed by atoms with Crippen molar-refractivity contribution in [2.45, 2.75) is 50.3 Å². The number of nitrogens with zero attached hydrogens (tertiary/aromatic N) is 2. The molecule has 4 rings (SSSR count). The third-order valence-electron chi connectivity index (χ3n) is 6.24. The summed E-state index contributed by atoms with van der Waals surface area (Å²) in [6.07, 6.45) is -0.298. The highest BCUT2D eigenvalue weighted by Crippen LogP contribution is 2.24. The van der Waals surface area contributed by atoms with Crippen LogP contribution in [0.4, 0.5) is 23.1 Å². The van der Waals surface area contributed by atoms with E-state index in [0.29, 0.717) is 33.9 Å². The van der Waals surface area contributed by atoms with Crippen molar-refractivity contribution in [2.24, 2.45) is 0 Å². The Bertz CT molecular complexity index is 1690. The van der Waals surface area contributed by atoms with E-state index in [1.54, 1.807) is 27.7 Å². The Labute approximate surface area is 241 Å². The van der Waals surface area contributed by atoms with Gasteiger partial charge in [0.25, 0.3) is 20.0 Å². The number of hydrogen-bond acceptors (Lipinski definition) is 10. The average molecular weight is 617 g/mol. The van der Waals surface area contributed by atoms with Gasteiger partial charge in [-0.05, 0) is 76.2 Å². The molecular formula is C26H28N6O8S2. The van der Waals surface area contributed by atoms with Crippen LogP contribution in [0, 0.1) is 27.7 Å². The molecule has 42 heavy (non-hydrogen) atoms. The molecule has 0 atom stereocenters. The van der Waals surface area contributed by atoms with E-state index in [4.69, 9.17) is 9.05 Å². The molecule has 0 unspecified atom stereocenters. The monoisotopic (exact) mass is 616 g/mol. The number of nitrogens with one attached hydrogen (secondary N) is 4. The lowest BCUT2D eigenvalue weighted by Crippen LogP contribution is -2.18. The molecule has 0 saturated heterocycles. The van der Waals surface area contributed by atoms with Gasteiger partial charge in [0, 0.05) is 35.3 Å². The van der Waals surface area contributed by atoms with Gasteiger partial charge in [-0.3, -0.25) is 9.59 Å². The Morgan fingerprint density at radius 3 is 1.24 bits per heavy atom. The molecule has 0 saturated carbocycles. The third kappa shape index (κ3) is 7.13. The number of aromatic nitrogens is 2. The molecule has 0 aliphatic rings. The van der Waals surface area contributed by atoms with Crippen LogP contribution >= 0.6 is 0 Å². The van der Waals surface area contributed by atoms with E-state index in [2.05, 4.69) is 30.4 Å². The SMILES string of the molecule is Cc1noc(NS(=O)(=O)c2ccc(NC(=O)CCC(=O)Nc3ccc(S(=O)(=O)Nc4onc(C)c4C)cc3)cc2)c1C. The van der Waals surface area contributed by atoms with Crippen LogP contribution in [-0.2, 0) is 29.6 Å². The van der Waals surface area contributed by atoms with Crippen LogP contribution in [-0.4, -0.2) is 39.0 Å². The Kier molecular flexibility index (Phi) is 8.67. The summed E-state index contributed by atoms with van der Waals surface area (Å²) < 4.78 is 65.1. The topological polar surface area (TPSA) is 203 Å². The Hall–Kier alpha value is -4.70. The van der Waals surface area contributed by atoms with Crippen LogP contribution in [0.25, 0.3) is 0 Å². The summed E-state index contributed by atoms with van der Waals surface area (Å²) >= 11 is 0. The molecular weight excluding hydrogens is 588 g/mol. The summed E-state index contributed by atoms with van der Waals surface area (Å²) in [4.78, 5) is 24.6. The van der Waals surface area contributed by atoms with Gasteiger partial charge in [0.1, 0.15) is 0 Å². The van der Waals surface area contributed by atoms with E-state index in [1.807, 2.05) is 0 Å². The molecule has 2 aromatic carbocycles. The molecule has 2 amide bonds. The first-order valence-electron chi connectivity index (χ1n) is 12.5. The van der Waals surface area contributed by atoms with Crippen LogP contribution < -0.4 is 20.1 Å². The first-order chi connectivity index (χ1) is 19.7. The molecule has 0 spiro atoms. The maximum atomic E-state index is 12.6. The molecule has 0 aliphatic carbocycles. The molecule has 16 heteroatoms. The van der Waals surface area contributed by atoms with Gasteiger partial charge in [-0.2, -0.15) is 0 Å². The first kappa shape index (κ1) is 30.3. The van der Waals surface area contributed by atoms with E-state index in [1.165, 1.54) is 48.5 Å². The highest BCUT2D eigenvalue weighted by atomic mass is 32.2. The second kappa shape index (κ2) is 12.0. The van der Waals surface area contributed by atoms with Crippen molar-refractivity contribution in [1.82, 2.24) is 10.3 Å². The number of benzene rings is 2. The standard InChI is InChI=1S/C26H28N6O8S2/c1-15-17(3)29-39-25(15)31-41(35,36)21-9-5-19(6-10-21)27-23(33)13-14-24(34)28-20-7-11-22(12-8-20)42(37,38)32-26-16(2)18(4)30-40-26/h5-12,31-32H,13-14H2,1-4H3,(H,27,33)(H,28,34). The van der Waals surface area contributed by atoms with Crippen LogP contribution in [0.1, 0.15) is 35.4 Å². The molecule has 0 fully saturated rings. The zero-order valence-electron chi connectivity index (χ0n) is 23.0. The van der Waals surface area contributed by atoms with Gasteiger partial charge >= 0.3 is 0 Å². The maximum Gasteiger partial charge on any atom is 0.264 e. The number of anilines is 4. The predicted molar refractivity (Wildman–Crippen MR) is 153 cm³/mol. The highest BCUT2D eigenvalue weighted by molar-refractivity contribution is 7.93. The Morgan fingerprint density at radius 2 is 0.952 bits per heavy atom. The quantitative estimate of drug-likeness (QED) is 0.192. The fourth-order valence-electron chi connectivity index (χ4n) is 3.49. The van der Waals surface area contributed by atoms with Crippen LogP contribution in [0.5, 0.6) is 0 Å². The highest BCUT2D eigenvalue weighted by Gasteiger charge is 2.21. The lowest BCUT2D eigenvalue weighted by Gasteiger charge is -2.09. The lowest BCUT2D eigenvalue weighted by atomic mass is 10.2. The average Bonchev–Trinajstić information content (AvgIpc) is 3.42. The second-order valence-electron chi connectivity index (χ2n) is 9.30. The number of carbonyl (C=O) groups excluding carboxylic acids is 2. The number of rotatable bonds is 11. The van der Waals surface area contributed by atoms with Crippen molar-refractivity contribution in [1.29, 1.82) is 0 Å². The van der Waals surface area contributed by atoms with Gasteiger partial charge in [0.05, 0.1) is 21.2 Å². The fourth-order valence-corrected chi connectivity index (χ4v) is 5.59. The van der Waals surface area contributed by atoms with Gasteiger partial charge < -0.3 is 19.7 Å². The normalized spacial score (nSPS) is 11.6. The largest absolute Gasteiger partial charge is 0.337 e. The molecule has 14 nitrogen and oxygen atoms in total. The number of amides is 2. The van der Waals surface area contributed by atoms with Crippen LogP contribution in [0.15, 0.2) is 67.4 Å². The maximum absolute atomic E-state index is 12.6. The van der Waals surface area contributed by atoms with E-state index < -0.39 is 31.9 Å². The van der Waals surface area contributed by atoms with Crippen LogP contribution in [0.2, 0.25) is 0 Å². The van der Waals surface area contributed by atoms with Crippen molar-refractivity contribution < 1.29 is 35.5 Å². The lowest BCUT2D eigenvalue weighted by molar-refractivity contribution is -0.121. The number of sulfonamides is 2. The predicted octanol–water partition coefficient (Wildman–Crippen LogP) is 3.86. The van der Waals surface area contributed by atoms with Gasteiger partial charge in [-0.1, -0.05) is 10.3 Å². The molecule has 2 heterocycles. The van der Waals surface area contributed by atoms with Crippen molar-refractivity contribution in [3.8, 4) is 0 Å². The second-order valence-corrected chi connectivity index (χ2v) is 12.7. The van der Waals surface area contributed by atoms with Gasteiger partial charge in [-0.25, -0.2) is 26.3 Å². The summed E-state index contributed by atoms with van der Waals surface area (Å²) in [5.74, 6) is -0.877. The first-order valence-corrected chi connectivity index (χ1v) is 15.4. The molecule has 4 N–H and O–H groups in total. The molecule has 0 bridgehead atoms. The minimum absolute atomic E-state index is 0.0223. The third-order valence-corrected chi connectivity index (χ3v) is 8.94. The summed E-state index contributed by atoms with van der Waals surface area (Å²) in [6, 6.07) is 10.9.